The number of piperazine rings is 1. The van der Waals surface area contributed by atoms with Crippen molar-refractivity contribution in [3.63, 3.8) is 0 Å². The van der Waals surface area contributed by atoms with E-state index >= 15 is 0 Å². The third kappa shape index (κ3) is 4.90. The Bertz CT molecular complexity index is 954. The summed E-state index contributed by atoms with van der Waals surface area (Å²) in [6, 6.07) is 20.3. The molecular weight excluding hydrogens is 367 g/mol. The summed E-state index contributed by atoms with van der Waals surface area (Å²) in [4.78, 5) is 21.3. The average Bonchev–Trinajstić information content (AvgIpc) is 2.75. The van der Waals surface area contributed by atoms with Gasteiger partial charge in [0, 0.05) is 31.9 Å². The zero-order chi connectivity index (χ0) is 20.1. The van der Waals surface area contributed by atoms with Gasteiger partial charge in [-0.1, -0.05) is 30.3 Å². The van der Waals surface area contributed by atoms with Crippen LogP contribution in [-0.2, 0) is 11.2 Å². The molecule has 2 aromatic carbocycles. The van der Waals surface area contributed by atoms with Gasteiger partial charge < -0.3 is 15.1 Å². The molecular formula is C23H23FN4O. The Labute approximate surface area is 169 Å². The van der Waals surface area contributed by atoms with E-state index in [0.717, 1.165) is 32.0 Å². The van der Waals surface area contributed by atoms with Crippen LogP contribution in [0.1, 0.15) is 5.56 Å². The van der Waals surface area contributed by atoms with E-state index in [1.54, 1.807) is 18.3 Å². The highest BCUT2D eigenvalue weighted by Gasteiger charge is 2.18. The highest BCUT2D eigenvalue weighted by atomic mass is 19.1. The van der Waals surface area contributed by atoms with E-state index in [9.17, 15) is 9.18 Å². The second-order valence-corrected chi connectivity index (χ2v) is 7.07. The van der Waals surface area contributed by atoms with Crippen molar-refractivity contribution in [3.8, 4) is 0 Å². The van der Waals surface area contributed by atoms with Gasteiger partial charge in [-0.05, 0) is 42.0 Å². The first kappa shape index (κ1) is 18.9. The van der Waals surface area contributed by atoms with E-state index in [2.05, 4.69) is 44.4 Å². The number of hydrogen-bond acceptors (Lipinski definition) is 4. The average molecular weight is 390 g/mol. The number of halogens is 1. The molecule has 1 fully saturated rings. The lowest BCUT2D eigenvalue weighted by Crippen LogP contribution is -2.46. The monoisotopic (exact) mass is 390 g/mol. The van der Waals surface area contributed by atoms with Gasteiger partial charge in [-0.15, -0.1) is 0 Å². The Hall–Kier alpha value is -3.41. The number of pyridine rings is 1. The van der Waals surface area contributed by atoms with Gasteiger partial charge in [-0.2, -0.15) is 0 Å². The molecule has 1 aliphatic rings. The highest BCUT2D eigenvalue weighted by Crippen LogP contribution is 2.20. The lowest BCUT2D eigenvalue weighted by atomic mass is 10.1. The number of anilines is 3. The highest BCUT2D eigenvalue weighted by molar-refractivity contribution is 5.92. The molecule has 2 heterocycles. The first-order valence-electron chi connectivity index (χ1n) is 9.73. The molecule has 0 unspecified atom stereocenters. The SMILES string of the molecule is O=C(Cc1cccc(F)c1)Nc1ccc(N2CCN(c3ccccc3)CC2)nc1. The number of carbonyl (C=O) groups excluding carboxylic acids is 1. The molecule has 29 heavy (non-hydrogen) atoms. The van der Waals surface area contributed by atoms with Crippen molar-refractivity contribution in [3.05, 3.63) is 84.3 Å². The molecule has 1 N–H and O–H groups in total. The third-order valence-electron chi connectivity index (χ3n) is 5.01. The Morgan fingerprint density at radius 1 is 0.931 bits per heavy atom. The molecule has 0 atom stereocenters. The van der Waals surface area contributed by atoms with E-state index in [1.165, 1.54) is 17.8 Å². The summed E-state index contributed by atoms with van der Waals surface area (Å²) >= 11 is 0. The minimum atomic E-state index is -0.339. The molecule has 6 heteroatoms. The Morgan fingerprint density at radius 3 is 2.38 bits per heavy atom. The number of carbonyl (C=O) groups is 1. The number of hydrogen-bond donors (Lipinski definition) is 1. The normalized spacial score (nSPS) is 14.0. The van der Waals surface area contributed by atoms with Crippen molar-refractivity contribution in [2.24, 2.45) is 0 Å². The molecule has 0 aliphatic carbocycles. The van der Waals surface area contributed by atoms with Crippen LogP contribution in [0.5, 0.6) is 0 Å². The van der Waals surface area contributed by atoms with Gasteiger partial charge >= 0.3 is 0 Å². The molecule has 1 aromatic heterocycles. The van der Waals surface area contributed by atoms with Crippen molar-refractivity contribution in [2.45, 2.75) is 6.42 Å². The fraction of sp³-hybridized carbons (Fsp3) is 0.217. The summed E-state index contributed by atoms with van der Waals surface area (Å²) < 4.78 is 13.2. The molecule has 1 saturated heterocycles. The number of para-hydroxylation sites is 1. The van der Waals surface area contributed by atoms with Crippen LogP contribution in [0.4, 0.5) is 21.6 Å². The molecule has 0 spiro atoms. The predicted octanol–water partition coefficient (Wildman–Crippen LogP) is 3.73. The lowest BCUT2D eigenvalue weighted by Gasteiger charge is -2.36. The van der Waals surface area contributed by atoms with Crippen molar-refractivity contribution >= 4 is 23.1 Å². The second-order valence-electron chi connectivity index (χ2n) is 7.07. The topological polar surface area (TPSA) is 48.5 Å². The number of benzene rings is 2. The summed E-state index contributed by atoms with van der Waals surface area (Å²) in [7, 11) is 0. The predicted molar refractivity (Wildman–Crippen MR) is 114 cm³/mol. The maximum absolute atomic E-state index is 13.2. The smallest absolute Gasteiger partial charge is 0.228 e. The number of nitrogens with one attached hydrogen (secondary N) is 1. The fourth-order valence-corrected chi connectivity index (χ4v) is 3.52. The molecule has 5 nitrogen and oxygen atoms in total. The van der Waals surface area contributed by atoms with Gasteiger partial charge in [-0.3, -0.25) is 4.79 Å². The summed E-state index contributed by atoms with van der Waals surface area (Å²) in [5, 5.41) is 2.82. The number of nitrogens with zero attached hydrogens (tertiary/aromatic N) is 3. The van der Waals surface area contributed by atoms with E-state index in [0.29, 0.717) is 11.3 Å². The molecule has 0 radical (unpaired) electrons. The summed E-state index contributed by atoms with van der Waals surface area (Å²) in [5.41, 5.74) is 2.53. The summed E-state index contributed by atoms with van der Waals surface area (Å²) in [6.45, 7) is 3.68. The van der Waals surface area contributed by atoms with Crippen LogP contribution in [0.15, 0.2) is 72.9 Å². The largest absolute Gasteiger partial charge is 0.368 e. The van der Waals surface area contributed by atoms with Crippen molar-refractivity contribution in [2.75, 3.05) is 41.3 Å². The van der Waals surface area contributed by atoms with E-state index in [-0.39, 0.29) is 18.1 Å². The minimum absolute atomic E-state index is 0.126. The molecule has 0 bridgehead atoms. The fourth-order valence-electron chi connectivity index (χ4n) is 3.52. The van der Waals surface area contributed by atoms with Gasteiger partial charge in [-0.25, -0.2) is 9.37 Å². The van der Waals surface area contributed by atoms with Crippen molar-refractivity contribution < 1.29 is 9.18 Å². The van der Waals surface area contributed by atoms with Crippen LogP contribution < -0.4 is 15.1 Å². The molecule has 0 saturated carbocycles. The third-order valence-corrected chi connectivity index (χ3v) is 5.01. The lowest BCUT2D eigenvalue weighted by molar-refractivity contribution is -0.115. The van der Waals surface area contributed by atoms with Gasteiger partial charge in [0.25, 0.3) is 0 Å². The van der Waals surface area contributed by atoms with Crippen molar-refractivity contribution in [1.82, 2.24) is 4.98 Å². The van der Waals surface area contributed by atoms with E-state index < -0.39 is 0 Å². The van der Waals surface area contributed by atoms with Crippen molar-refractivity contribution in [1.29, 1.82) is 0 Å². The van der Waals surface area contributed by atoms with Gasteiger partial charge in [0.05, 0.1) is 18.3 Å². The van der Waals surface area contributed by atoms with Crippen LogP contribution in [0.2, 0.25) is 0 Å². The first-order chi connectivity index (χ1) is 14.2. The number of aromatic nitrogens is 1. The maximum Gasteiger partial charge on any atom is 0.228 e. The van der Waals surface area contributed by atoms with Crippen LogP contribution >= 0.6 is 0 Å². The van der Waals surface area contributed by atoms with Crippen LogP contribution in [0, 0.1) is 5.82 Å². The number of amides is 1. The molecule has 4 rings (SSSR count). The van der Waals surface area contributed by atoms with Gasteiger partial charge in [0.1, 0.15) is 11.6 Å². The summed E-state index contributed by atoms with van der Waals surface area (Å²) in [6.07, 6.45) is 1.79. The molecule has 148 valence electrons. The standard InChI is InChI=1S/C23H23FN4O/c24-19-6-4-5-18(15-19)16-23(29)26-20-9-10-22(25-17-20)28-13-11-27(12-14-28)21-7-2-1-3-8-21/h1-10,15,17H,11-14,16H2,(H,26,29). The molecule has 1 aliphatic heterocycles. The number of rotatable bonds is 5. The van der Waals surface area contributed by atoms with Gasteiger partial charge in [0.15, 0.2) is 0 Å². The summed E-state index contributed by atoms with van der Waals surface area (Å²) in [5.74, 6) is 0.371. The molecule has 1 amide bonds. The van der Waals surface area contributed by atoms with Crippen LogP contribution in [-0.4, -0.2) is 37.1 Å². The van der Waals surface area contributed by atoms with Crippen LogP contribution in [0.3, 0.4) is 0 Å². The minimum Gasteiger partial charge on any atom is -0.368 e. The quantitative estimate of drug-likeness (QED) is 0.721. The van der Waals surface area contributed by atoms with Gasteiger partial charge in [0.2, 0.25) is 5.91 Å². The molecule has 3 aromatic rings. The van der Waals surface area contributed by atoms with Crippen LogP contribution in [0.25, 0.3) is 0 Å². The Balaban J connectivity index is 1.31. The Kier molecular flexibility index (Phi) is 5.70. The van der Waals surface area contributed by atoms with E-state index in [1.807, 2.05) is 18.2 Å². The maximum atomic E-state index is 13.2. The van der Waals surface area contributed by atoms with E-state index in [4.69, 9.17) is 0 Å². The Morgan fingerprint density at radius 2 is 1.69 bits per heavy atom. The zero-order valence-electron chi connectivity index (χ0n) is 16.1. The second kappa shape index (κ2) is 8.73. The zero-order valence-corrected chi connectivity index (χ0v) is 16.1. The first-order valence-corrected chi connectivity index (χ1v) is 9.73.